The first-order chi connectivity index (χ1) is 10.5. The maximum absolute atomic E-state index is 12.4. The van der Waals surface area contributed by atoms with Gasteiger partial charge in [-0.3, -0.25) is 4.79 Å². The van der Waals surface area contributed by atoms with Crippen LogP contribution in [-0.4, -0.2) is 25.1 Å². The van der Waals surface area contributed by atoms with E-state index in [1.807, 2.05) is 13.8 Å². The number of halogens is 1. The number of rotatable bonds is 5. The highest BCUT2D eigenvalue weighted by molar-refractivity contribution is 6.32. The van der Waals surface area contributed by atoms with Crippen molar-refractivity contribution in [2.75, 3.05) is 19.5 Å². The second kappa shape index (κ2) is 6.70. The Labute approximate surface area is 133 Å². The molecule has 118 valence electrons. The van der Waals surface area contributed by atoms with Crippen LogP contribution in [0.5, 0.6) is 11.5 Å². The van der Waals surface area contributed by atoms with E-state index in [4.69, 9.17) is 25.5 Å². The number of nitrogens with zero attached hydrogens (tertiary/aromatic N) is 1. The average molecular weight is 325 g/mol. The van der Waals surface area contributed by atoms with Crippen molar-refractivity contribution in [3.63, 3.8) is 0 Å². The Hall–Kier alpha value is -2.21. The molecule has 1 aromatic heterocycles. The highest BCUT2D eigenvalue weighted by Gasteiger charge is 2.21. The number of ether oxygens (including phenoxy) is 2. The zero-order chi connectivity index (χ0) is 16.3. The molecule has 1 amide bonds. The molecule has 0 aliphatic carbocycles. The van der Waals surface area contributed by atoms with Crippen molar-refractivity contribution >= 4 is 23.2 Å². The molecule has 1 N–H and O–H groups in total. The molecule has 0 unspecified atom stereocenters. The molecule has 0 aliphatic rings. The van der Waals surface area contributed by atoms with Crippen molar-refractivity contribution in [3.8, 4) is 11.5 Å². The topological polar surface area (TPSA) is 73.6 Å². The summed E-state index contributed by atoms with van der Waals surface area (Å²) < 4.78 is 15.6. The fourth-order valence-corrected chi connectivity index (χ4v) is 2.20. The monoisotopic (exact) mass is 324 g/mol. The van der Waals surface area contributed by atoms with Gasteiger partial charge in [-0.2, -0.15) is 0 Å². The van der Waals surface area contributed by atoms with E-state index in [1.165, 1.54) is 20.6 Å². The van der Waals surface area contributed by atoms with E-state index < -0.39 is 5.91 Å². The molecule has 0 spiro atoms. The molecule has 0 saturated carbocycles. The highest BCUT2D eigenvalue weighted by Crippen LogP contribution is 2.36. The highest BCUT2D eigenvalue weighted by atomic mass is 35.5. The lowest BCUT2D eigenvalue weighted by atomic mass is 10.1. The summed E-state index contributed by atoms with van der Waals surface area (Å²) in [6.45, 7) is 3.86. The molecule has 0 radical (unpaired) electrons. The van der Waals surface area contributed by atoms with Gasteiger partial charge in [0, 0.05) is 12.1 Å². The molecule has 0 fully saturated rings. The Morgan fingerprint density at radius 2 is 1.95 bits per heavy atom. The van der Waals surface area contributed by atoms with E-state index in [-0.39, 0.29) is 11.7 Å². The molecule has 0 atom stereocenters. The minimum Gasteiger partial charge on any atom is -0.495 e. The van der Waals surface area contributed by atoms with Gasteiger partial charge < -0.3 is 19.2 Å². The number of hydrogen-bond acceptors (Lipinski definition) is 5. The number of anilines is 1. The standard InChI is InChI=1S/C15H17ClN2O4/c1-8(2)13-14(22-7-17-13)15(19)18-10-6-11(20-3)9(16)5-12(10)21-4/h5-8H,1-4H3,(H,18,19). The number of nitrogens with one attached hydrogen (secondary N) is 1. The molecule has 6 nitrogen and oxygen atoms in total. The molecule has 7 heteroatoms. The van der Waals surface area contributed by atoms with Crippen molar-refractivity contribution in [1.29, 1.82) is 0 Å². The van der Waals surface area contributed by atoms with Gasteiger partial charge in [0.25, 0.3) is 5.91 Å². The van der Waals surface area contributed by atoms with Crippen LogP contribution in [0.3, 0.4) is 0 Å². The Balaban J connectivity index is 2.33. The van der Waals surface area contributed by atoms with Crippen molar-refractivity contribution in [3.05, 3.63) is 35.0 Å². The van der Waals surface area contributed by atoms with Gasteiger partial charge in [0.2, 0.25) is 5.76 Å². The fraction of sp³-hybridized carbons (Fsp3) is 0.333. The average Bonchev–Trinajstić information content (AvgIpc) is 2.98. The zero-order valence-corrected chi connectivity index (χ0v) is 13.5. The third-order valence-electron chi connectivity index (χ3n) is 3.07. The van der Waals surface area contributed by atoms with Gasteiger partial charge in [-0.05, 0) is 5.92 Å². The molecule has 2 aromatic rings. The summed E-state index contributed by atoms with van der Waals surface area (Å²) in [5.41, 5.74) is 1.03. The summed E-state index contributed by atoms with van der Waals surface area (Å²) in [6, 6.07) is 3.16. The predicted octanol–water partition coefficient (Wildman–Crippen LogP) is 3.72. The van der Waals surface area contributed by atoms with Crippen LogP contribution in [0.2, 0.25) is 5.02 Å². The molecule has 1 aromatic carbocycles. The van der Waals surface area contributed by atoms with Crippen molar-refractivity contribution in [2.45, 2.75) is 19.8 Å². The summed E-state index contributed by atoms with van der Waals surface area (Å²) in [6.07, 6.45) is 1.25. The SMILES string of the molecule is COc1cc(NC(=O)c2ocnc2C(C)C)c(OC)cc1Cl. The van der Waals surface area contributed by atoms with Gasteiger partial charge in [0.05, 0.1) is 30.6 Å². The lowest BCUT2D eigenvalue weighted by molar-refractivity contribution is 0.0994. The van der Waals surface area contributed by atoms with Crippen LogP contribution in [0, 0.1) is 0 Å². The van der Waals surface area contributed by atoms with E-state index in [0.717, 1.165) is 0 Å². The fourth-order valence-electron chi connectivity index (χ4n) is 1.97. The third-order valence-corrected chi connectivity index (χ3v) is 3.37. The van der Waals surface area contributed by atoms with Gasteiger partial charge >= 0.3 is 0 Å². The summed E-state index contributed by atoms with van der Waals surface area (Å²) in [5, 5.41) is 3.11. The van der Waals surface area contributed by atoms with E-state index in [0.29, 0.717) is 27.9 Å². The van der Waals surface area contributed by atoms with E-state index in [1.54, 1.807) is 12.1 Å². The van der Waals surface area contributed by atoms with Gasteiger partial charge in [0.15, 0.2) is 6.39 Å². The smallest absolute Gasteiger partial charge is 0.293 e. The predicted molar refractivity (Wildman–Crippen MR) is 83.1 cm³/mol. The van der Waals surface area contributed by atoms with Crippen molar-refractivity contribution in [2.24, 2.45) is 0 Å². The van der Waals surface area contributed by atoms with Crippen LogP contribution in [0.1, 0.15) is 36.0 Å². The van der Waals surface area contributed by atoms with Gasteiger partial charge in [-0.15, -0.1) is 0 Å². The van der Waals surface area contributed by atoms with Crippen LogP contribution in [0.25, 0.3) is 0 Å². The van der Waals surface area contributed by atoms with Gasteiger partial charge in [-0.1, -0.05) is 25.4 Å². The molecule has 1 heterocycles. The number of amides is 1. The number of carbonyl (C=O) groups excluding carboxylic acids is 1. The number of benzene rings is 1. The maximum atomic E-state index is 12.4. The lowest BCUT2D eigenvalue weighted by Crippen LogP contribution is -2.14. The minimum atomic E-state index is -0.413. The Morgan fingerprint density at radius 3 is 2.55 bits per heavy atom. The molecule has 0 aliphatic heterocycles. The summed E-state index contributed by atoms with van der Waals surface area (Å²) in [5.74, 6) is 0.681. The third kappa shape index (κ3) is 3.17. The van der Waals surface area contributed by atoms with Crippen LogP contribution in [0.15, 0.2) is 22.9 Å². The molecule has 0 bridgehead atoms. The van der Waals surface area contributed by atoms with Crippen LogP contribution in [0.4, 0.5) is 5.69 Å². The molecule has 0 saturated heterocycles. The first kappa shape index (κ1) is 16.2. The molecular weight excluding hydrogens is 308 g/mol. The first-order valence-electron chi connectivity index (χ1n) is 6.64. The molecule has 22 heavy (non-hydrogen) atoms. The summed E-state index contributed by atoms with van der Waals surface area (Å²) in [7, 11) is 2.98. The Bertz CT molecular complexity index is 682. The minimum absolute atomic E-state index is 0.0705. The van der Waals surface area contributed by atoms with Crippen molar-refractivity contribution in [1.82, 2.24) is 4.98 Å². The van der Waals surface area contributed by atoms with E-state index in [2.05, 4.69) is 10.3 Å². The Kier molecular flexibility index (Phi) is 4.92. The van der Waals surface area contributed by atoms with Gasteiger partial charge in [0.1, 0.15) is 11.5 Å². The van der Waals surface area contributed by atoms with E-state index >= 15 is 0 Å². The summed E-state index contributed by atoms with van der Waals surface area (Å²) >= 11 is 6.04. The first-order valence-corrected chi connectivity index (χ1v) is 7.02. The van der Waals surface area contributed by atoms with Crippen molar-refractivity contribution < 1.29 is 18.7 Å². The van der Waals surface area contributed by atoms with Gasteiger partial charge in [-0.25, -0.2) is 4.98 Å². The molecule has 2 rings (SSSR count). The zero-order valence-electron chi connectivity index (χ0n) is 12.8. The molecular formula is C15H17ClN2O4. The van der Waals surface area contributed by atoms with E-state index in [9.17, 15) is 4.79 Å². The lowest BCUT2D eigenvalue weighted by Gasteiger charge is -2.13. The quantitative estimate of drug-likeness (QED) is 0.907. The number of methoxy groups -OCH3 is 2. The van der Waals surface area contributed by atoms with Crippen LogP contribution >= 0.6 is 11.6 Å². The number of aromatic nitrogens is 1. The second-order valence-corrected chi connectivity index (χ2v) is 5.27. The van der Waals surface area contributed by atoms with Crippen LogP contribution < -0.4 is 14.8 Å². The van der Waals surface area contributed by atoms with Crippen LogP contribution in [-0.2, 0) is 0 Å². The number of hydrogen-bond donors (Lipinski definition) is 1. The second-order valence-electron chi connectivity index (χ2n) is 4.86. The number of carbonyl (C=O) groups is 1. The normalized spacial score (nSPS) is 10.6. The Morgan fingerprint density at radius 1 is 1.27 bits per heavy atom. The number of oxazole rings is 1. The summed E-state index contributed by atoms with van der Waals surface area (Å²) in [4.78, 5) is 16.4. The largest absolute Gasteiger partial charge is 0.495 e. The maximum Gasteiger partial charge on any atom is 0.293 e.